The number of ether oxygens (including phenoxy) is 1. The SMILES string of the molecule is CC(C)(C)OC(=O)N1CC2CN(c3cncc(C(=O)Nc4cccc(I)c4)c3)CC2C1. The Kier molecular flexibility index (Phi) is 6.09. The maximum atomic E-state index is 12.7. The Morgan fingerprint density at radius 1 is 1.10 bits per heavy atom. The third-order valence-electron chi connectivity index (χ3n) is 5.57. The number of fused-ring (bicyclic) bond motifs is 1. The van der Waals surface area contributed by atoms with Crippen LogP contribution in [0.3, 0.4) is 0 Å². The summed E-state index contributed by atoms with van der Waals surface area (Å²) in [5, 5.41) is 2.93. The summed E-state index contributed by atoms with van der Waals surface area (Å²) < 4.78 is 6.58. The molecule has 0 saturated carbocycles. The number of likely N-dealkylation sites (tertiary alicyclic amines) is 1. The molecule has 2 aliphatic rings. The Balaban J connectivity index is 1.38. The van der Waals surface area contributed by atoms with Gasteiger partial charge in [0.15, 0.2) is 0 Å². The van der Waals surface area contributed by atoms with E-state index in [4.69, 9.17) is 4.74 Å². The Hall–Kier alpha value is -2.36. The fourth-order valence-corrected chi connectivity index (χ4v) is 4.72. The van der Waals surface area contributed by atoms with E-state index in [1.54, 1.807) is 12.4 Å². The van der Waals surface area contributed by atoms with Crippen LogP contribution >= 0.6 is 22.6 Å². The lowest BCUT2D eigenvalue weighted by molar-refractivity contribution is 0.0282. The minimum Gasteiger partial charge on any atom is -0.444 e. The van der Waals surface area contributed by atoms with Crippen molar-refractivity contribution in [1.29, 1.82) is 0 Å². The molecule has 0 bridgehead atoms. The Morgan fingerprint density at radius 3 is 2.45 bits per heavy atom. The van der Waals surface area contributed by atoms with Crippen LogP contribution in [0.5, 0.6) is 0 Å². The van der Waals surface area contributed by atoms with E-state index in [9.17, 15) is 9.59 Å². The average molecular weight is 534 g/mol. The molecule has 2 amide bonds. The van der Waals surface area contributed by atoms with E-state index in [1.807, 2.05) is 56.0 Å². The zero-order valence-corrected chi connectivity index (χ0v) is 20.1. The van der Waals surface area contributed by atoms with Gasteiger partial charge in [-0.1, -0.05) is 6.07 Å². The first-order valence-electron chi connectivity index (χ1n) is 10.4. The van der Waals surface area contributed by atoms with Gasteiger partial charge in [-0.25, -0.2) is 4.79 Å². The lowest BCUT2D eigenvalue weighted by Gasteiger charge is -2.26. The molecule has 2 unspecified atom stereocenters. The molecule has 1 aromatic heterocycles. The van der Waals surface area contributed by atoms with E-state index in [1.165, 1.54) is 0 Å². The topological polar surface area (TPSA) is 74.8 Å². The normalized spacial score (nSPS) is 20.5. The fraction of sp³-hybridized carbons (Fsp3) is 0.435. The van der Waals surface area contributed by atoms with Crippen molar-refractivity contribution in [3.63, 3.8) is 0 Å². The summed E-state index contributed by atoms with van der Waals surface area (Å²) in [6.45, 7) is 8.75. The van der Waals surface area contributed by atoms with Gasteiger partial charge in [0.05, 0.1) is 17.4 Å². The van der Waals surface area contributed by atoms with E-state index >= 15 is 0 Å². The predicted octanol–water partition coefficient (Wildman–Crippen LogP) is 4.24. The molecule has 8 heteroatoms. The molecule has 1 aromatic carbocycles. The van der Waals surface area contributed by atoms with Crippen LogP contribution in [0.1, 0.15) is 31.1 Å². The summed E-state index contributed by atoms with van der Waals surface area (Å²) in [6.07, 6.45) is 3.16. The number of hydrogen-bond acceptors (Lipinski definition) is 5. The van der Waals surface area contributed by atoms with E-state index in [0.29, 0.717) is 30.5 Å². The van der Waals surface area contributed by atoms with E-state index in [0.717, 1.165) is 28.0 Å². The first-order valence-corrected chi connectivity index (χ1v) is 11.5. The molecule has 2 fully saturated rings. The number of pyridine rings is 1. The summed E-state index contributed by atoms with van der Waals surface area (Å²) in [4.78, 5) is 33.4. The number of hydrogen-bond donors (Lipinski definition) is 1. The first-order chi connectivity index (χ1) is 14.7. The van der Waals surface area contributed by atoms with Gasteiger partial charge in [-0.2, -0.15) is 0 Å². The van der Waals surface area contributed by atoms with Crippen LogP contribution in [0.2, 0.25) is 0 Å². The standard InChI is InChI=1S/C23H27IN4O3/c1-23(2,3)31-22(30)28-13-16-11-27(12-17(16)14-28)20-7-15(9-25-10-20)21(29)26-19-6-4-5-18(24)8-19/h4-10,16-17H,11-14H2,1-3H3,(H,26,29). The van der Waals surface area contributed by atoms with Gasteiger partial charge in [-0.3, -0.25) is 9.78 Å². The van der Waals surface area contributed by atoms with E-state index < -0.39 is 5.60 Å². The number of halogens is 1. The number of nitrogens with one attached hydrogen (secondary N) is 1. The number of rotatable bonds is 3. The van der Waals surface area contributed by atoms with Crippen molar-refractivity contribution < 1.29 is 14.3 Å². The van der Waals surface area contributed by atoms with Gasteiger partial charge in [0.2, 0.25) is 0 Å². The van der Waals surface area contributed by atoms with Gasteiger partial charge < -0.3 is 19.9 Å². The van der Waals surface area contributed by atoms with Gasteiger partial charge in [0, 0.05) is 53.5 Å². The smallest absolute Gasteiger partial charge is 0.410 e. The molecule has 0 radical (unpaired) electrons. The van der Waals surface area contributed by atoms with Gasteiger partial charge in [-0.05, 0) is 67.6 Å². The van der Waals surface area contributed by atoms with Crippen molar-refractivity contribution in [2.24, 2.45) is 11.8 Å². The maximum Gasteiger partial charge on any atom is 0.410 e. The largest absolute Gasteiger partial charge is 0.444 e. The molecule has 1 N–H and O–H groups in total. The van der Waals surface area contributed by atoms with Crippen LogP contribution in [0.4, 0.5) is 16.2 Å². The number of carbonyl (C=O) groups is 2. The molecule has 2 aromatic rings. The Labute approximate surface area is 196 Å². The molecule has 164 valence electrons. The zero-order valence-electron chi connectivity index (χ0n) is 18.0. The van der Waals surface area contributed by atoms with Crippen LogP contribution in [-0.2, 0) is 4.74 Å². The number of nitrogens with zero attached hydrogens (tertiary/aromatic N) is 3. The van der Waals surface area contributed by atoms with E-state index in [-0.39, 0.29) is 12.0 Å². The zero-order chi connectivity index (χ0) is 22.2. The summed E-state index contributed by atoms with van der Waals surface area (Å²) >= 11 is 2.22. The number of carbonyl (C=O) groups excluding carboxylic acids is 2. The molecule has 2 saturated heterocycles. The monoisotopic (exact) mass is 534 g/mol. The second-order valence-electron chi connectivity index (χ2n) is 9.21. The lowest BCUT2D eigenvalue weighted by Crippen LogP contribution is -2.37. The second-order valence-corrected chi connectivity index (χ2v) is 10.5. The molecule has 0 aliphatic carbocycles. The molecule has 2 atom stereocenters. The third kappa shape index (κ3) is 5.28. The third-order valence-corrected chi connectivity index (χ3v) is 6.24. The van der Waals surface area contributed by atoms with Crippen molar-refractivity contribution in [2.75, 3.05) is 36.4 Å². The first kappa shape index (κ1) is 21.9. The summed E-state index contributed by atoms with van der Waals surface area (Å²) in [6, 6.07) is 9.58. The van der Waals surface area contributed by atoms with Gasteiger partial charge in [0.25, 0.3) is 5.91 Å². The van der Waals surface area contributed by atoms with Crippen LogP contribution in [0.15, 0.2) is 42.7 Å². The Bertz CT molecular complexity index is 977. The minimum atomic E-state index is -0.481. The fourth-order valence-electron chi connectivity index (χ4n) is 4.17. The lowest BCUT2D eigenvalue weighted by atomic mass is 10.0. The van der Waals surface area contributed by atoms with Gasteiger partial charge >= 0.3 is 6.09 Å². The van der Waals surface area contributed by atoms with Crippen LogP contribution in [0.25, 0.3) is 0 Å². The highest BCUT2D eigenvalue weighted by Gasteiger charge is 2.42. The average Bonchev–Trinajstić information content (AvgIpc) is 3.26. The molecule has 0 spiro atoms. The highest BCUT2D eigenvalue weighted by molar-refractivity contribution is 14.1. The van der Waals surface area contributed by atoms with Crippen molar-refractivity contribution in [2.45, 2.75) is 26.4 Å². The van der Waals surface area contributed by atoms with Crippen LogP contribution in [0, 0.1) is 15.4 Å². The Morgan fingerprint density at radius 2 is 1.81 bits per heavy atom. The molecule has 7 nitrogen and oxygen atoms in total. The minimum absolute atomic E-state index is 0.174. The molecule has 3 heterocycles. The maximum absolute atomic E-state index is 12.7. The quantitative estimate of drug-likeness (QED) is 0.597. The van der Waals surface area contributed by atoms with Gasteiger partial charge in [0.1, 0.15) is 5.60 Å². The highest BCUT2D eigenvalue weighted by atomic mass is 127. The van der Waals surface area contributed by atoms with Gasteiger partial charge in [-0.15, -0.1) is 0 Å². The second kappa shape index (κ2) is 8.64. The molecular formula is C23H27IN4O3. The van der Waals surface area contributed by atoms with Crippen molar-refractivity contribution in [1.82, 2.24) is 9.88 Å². The summed E-state index contributed by atoms with van der Waals surface area (Å²) in [5.41, 5.74) is 1.75. The molecular weight excluding hydrogens is 507 g/mol. The van der Waals surface area contributed by atoms with Crippen molar-refractivity contribution >= 4 is 46.0 Å². The summed E-state index contributed by atoms with van der Waals surface area (Å²) in [7, 11) is 0. The molecule has 2 aliphatic heterocycles. The number of amides is 2. The van der Waals surface area contributed by atoms with Crippen LogP contribution < -0.4 is 10.2 Å². The number of benzene rings is 1. The highest BCUT2D eigenvalue weighted by Crippen LogP contribution is 2.34. The molecule has 4 rings (SSSR count). The van der Waals surface area contributed by atoms with Crippen LogP contribution in [-0.4, -0.2) is 53.7 Å². The number of aromatic nitrogens is 1. The summed E-state index contributed by atoms with van der Waals surface area (Å²) in [5.74, 6) is 0.625. The predicted molar refractivity (Wildman–Crippen MR) is 128 cm³/mol. The molecule has 31 heavy (non-hydrogen) atoms. The van der Waals surface area contributed by atoms with Crippen molar-refractivity contribution in [3.05, 3.63) is 51.9 Å². The van der Waals surface area contributed by atoms with Crippen molar-refractivity contribution in [3.8, 4) is 0 Å². The number of anilines is 2. The van der Waals surface area contributed by atoms with E-state index in [2.05, 4.69) is 37.8 Å².